The Hall–Kier alpha value is -1.31. The maximum absolute atomic E-state index is 12.3. The number of hydrogen-bond donors (Lipinski definition) is 2. The number of sulfone groups is 1. The number of carbonyl (C=O) groups excluding carboxylic acids is 2. The number of nitrogens with zero attached hydrogens (tertiary/aromatic N) is 1. The minimum atomic E-state index is -3.06. The molecule has 0 radical (unpaired) electrons. The van der Waals surface area contributed by atoms with E-state index in [1.165, 1.54) is 0 Å². The van der Waals surface area contributed by atoms with Crippen molar-refractivity contribution in [2.45, 2.75) is 56.9 Å². The van der Waals surface area contributed by atoms with Crippen LogP contribution in [0.4, 0.5) is 4.79 Å². The van der Waals surface area contributed by atoms with Crippen LogP contribution in [0.3, 0.4) is 0 Å². The second-order valence-corrected chi connectivity index (χ2v) is 8.73. The molecule has 0 saturated carbocycles. The summed E-state index contributed by atoms with van der Waals surface area (Å²) in [5, 5.41) is 5.04. The molecule has 2 aliphatic rings. The molecule has 2 N–H and O–H groups in total. The van der Waals surface area contributed by atoms with Crippen LogP contribution in [-0.4, -0.2) is 61.4 Å². The van der Waals surface area contributed by atoms with Crippen molar-refractivity contribution in [1.29, 1.82) is 0 Å². The summed E-state index contributed by atoms with van der Waals surface area (Å²) in [6, 6.07) is -0.718. The molecule has 0 aromatic heterocycles. The number of nitrogens with one attached hydrogen (secondary N) is 2. The van der Waals surface area contributed by atoms with Crippen molar-refractivity contribution in [2.24, 2.45) is 0 Å². The lowest BCUT2D eigenvalue weighted by Gasteiger charge is -2.25. The first kappa shape index (κ1) is 17.1. The Balaban J connectivity index is 1.90. The Kier molecular flexibility index (Phi) is 5.31. The molecule has 2 saturated heterocycles. The van der Waals surface area contributed by atoms with Gasteiger partial charge in [-0.3, -0.25) is 4.79 Å². The van der Waals surface area contributed by atoms with E-state index in [1.54, 1.807) is 4.90 Å². The highest BCUT2D eigenvalue weighted by molar-refractivity contribution is 7.92. The Morgan fingerprint density at radius 1 is 1.23 bits per heavy atom. The Morgan fingerprint density at radius 3 is 2.55 bits per heavy atom. The molecule has 0 aliphatic carbocycles. The van der Waals surface area contributed by atoms with E-state index in [2.05, 4.69) is 10.6 Å². The number of rotatable bonds is 4. The summed E-state index contributed by atoms with van der Waals surface area (Å²) in [5.41, 5.74) is 0. The minimum Gasteiger partial charge on any atom is -0.353 e. The summed E-state index contributed by atoms with van der Waals surface area (Å²) >= 11 is 0. The van der Waals surface area contributed by atoms with Gasteiger partial charge in [-0.2, -0.15) is 0 Å². The zero-order chi connectivity index (χ0) is 16.3. The van der Waals surface area contributed by atoms with Crippen molar-refractivity contribution in [3.63, 3.8) is 0 Å². The molecule has 2 rings (SSSR count). The average molecular weight is 331 g/mol. The third kappa shape index (κ3) is 3.91. The first-order valence-electron chi connectivity index (χ1n) is 7.87. The fourth-order valence-corrected chi connectivity index (χ4v) is 4.80. The van der Waals surface area contributed by atoms with E-state index < -0.39 is 21.1 Å². The maximum Gasteiger partial charge on any atom is 0.318 e. The Morgan fingerprint density at radius 2 is 1.95 bits per heavy atom. The SMILES string of the molecule is CC(C)NC(=O)N1CCC[C@H]1C(=O)NCC1CCCS1(=O)=O. The quantitative estimate of drug-likeness (QED) is 0.772. The summed E-state index contributed by atoms with van der Waals surface area (Å²) in [6.45, 7) is 4.44. The van der Waals surface area contributed by atoms with E-state index >= 15 is 0 Å². The van der Waals surface area contributed by atoms with Gasteiger partial charge in [0.1, 0.15) is 6.04 Å². The summed E-state index contributed by atoms with van der Waals surface area (Å²) in [6.07, 6.45) is 2.67. The van der Waals surface area contributed by atoms with Gasteiger partial charge in [-0.1, -0.05) is 0 Å². The zero-order valence-electron chi connectivity index (χ0n) is 13.2. The lowest BCUT2D eigenvalue weighted by molar-refractivity contribution is -0.124. The van der Waals surface area contributed by atoms with Gasteiger partial charge in [-0.25, -0.2) is 13.2 Å². The van der Waals surface area contributed by atoms with Gasteiger partial charge in [0.25, 0.3) is 0 Å². The molecule has 2 aliphatic heterocycles. The fourth-order valence-electron chi connectivity index (χ4n) is 3.03. The molecule has 0 aromatic carbocycles. The summed E-state index contributed by atoms with van der Waals surface area (Å²) < 4.78 is 23.5. The van der Waals surface area contributed by atoms with Gasteiger partial charge >= 0.3 is 6.03 Å². The standard InChI is InChI=1S/C14H25N3O4S/c1-10(2)16-14(19)17-7-3-6-12(17)13(18)15-9-11-5-4-8-22(11,20)21/h10-12H,3-9H2,1-2H3,(H,15,18)(H,16,19)/t11?,12-/m0/s1. The zero-order valence-corrected chi connectivity index (χ0v) is 14.0. The highest BCUT2D eigenvalue weighted by atomic mass is 32.2. The molecule has 0 bridgehead atoms. The number of hydrogen-bond acceptors (Lipinski definition) is 4. The van der Waals surface area contributed by atoms with Crippen LogP contribution >= 0.6 is 0 Å². The predicted molar refractivity (Wildman–Crippen MR) is 83.2 cm³/mol. The monoisotopic (exact) mass is 331 g/mol. The van der Waals surface area contributed by atoms with Crippen LogP contribution in [0.2, 0.25) is 0 Å². The summed E-state index contributed by atoms with van der Waals surface area (Å²) in [7, 11) is -3.06. The van der Waals surface area contributed by atoms with E-state index in [9.17, 15) is 18.0 Å². The average Bonchev–Trinajstić information content (AvgIpc) is 3.01. The van der Waals surface area contributed by atoms with Crippen LogP contribution in [0.25, 0.3) is 0 Å². The first-order chi connectivity index (χ1) is 10.3. The van der Waals surface area contributed by atoms with E-state index in [0.717, 1.165) is 6.42 Å². The lowest BCUT2D eigenvalue weighted by Crippen LogP contribution is -2.51. The predicted octanol–water partition coefficient (Wildman–Crippen LogP) is 0.262. The van der Waals surface area contributed by atoms with Gasteiger partial charge < -0.3 is 15.5 Å². The van der Waals surface area contributed by atoms with E-state index in [-0.39, 0.29) is 30.3 Å². The fraction of sp³-hybridized carbons (Fsp3) is 0.857. The molecule has 0 aromatic rings. The van der Waals surface area contributed by atoms with Gasteiger partial charge in [0.05, 0.1) is 11.0 Å². The van der Waals surface area contributed by atoms with Crippen LogP contribution in [0.5, 0.6) is 0 Å². The molecule has 2 heterocycles. The largest absolute Gasteiger partial charge is 0.353 e. The van der Waals surface area contributed by atoms with Gasteiger partial charge in [0, 0.05) is 19.1 Å². The van der Waals surface area contributed by atoms with Crippen LogP contribution in [0.15, 0.2) is 0 Å². The van der Waals surface area contributed by atoms with Crippen LogP contribution < -0.4 is 10.6 Å². The number of amides is 3. The van der Waals surface area contributed by atoms with Crippen LogP contribution in [0, 0.1) is 0 Å². The number of urea groups is 1. The summed E-state index contributed by atoms with van der Waals surface area (Å²) in [5.74, 6) is -0.0432. The van der Waals surface area contributed by atoms with E-state index in [4.69, 9.17) is 0 Å². The van der Waals surface area contributed by atoms with Gasteiger partial charge in [0.2, 0.25) is 5.91 Å². The topological polar surface area (TPSA) is 95.6 Å². The molecule has 22 heavy (non-hydrogen) atoms. The molecule has 3 amide bonds. The van der Waals surface area contributed by atoms with Crippen molar-refractivity contribution in [3.8, 4) is 0 Å². The number of carbonyl (C=O) groups is 2. The minimum absolute atomic E-state index is 0.0143. The van der Waals surface area contributed by atoms with E-state index in [0.29, 0.717) is 25.8 Å². The maximum atomic E-state index is 12.3. The molecular weight excluding hydrogens is 306 g/mol. The molecule has 8 heteroatoms. The van der Waals surface area contributed by atoms with Gasteiger partial charge in [0.15, 0.2) is 9.84 Å². The van der Waals surface area contributed by atoms with Crippen molar-refractivity contribution in [2.75, 3.05) is 18.8 Å². The number of likely N-dealkylation sites (tertiary alicyclic amines) is 1. The highest BCUT2D eigenvalue weighted by Crippen LogP contribution is 2.20. The Labute approximate surface area is 131 Å². The van der Waals surface area contributed by atoms with Crippen molar-refractivity contribution in [3.05, 3.63) is 0 Å². The van der Waals surface area contributed by atoms with Crippen LogP contribution in [-0.2, 0) is 14.6 Å². The molecule has 2 fully saturated rings. The molecule has 1 unspecified atom stereocenters. The van der Waals surface area contributed by atoms with Crippen molar-refractivity contribution < 1.29 is 18.0 Å². The smallest absolute Gasteiger partial charge is 0.318 e. The van der Waals surface area contributed by atoms with Crippen molar-refractivity contribution in [1.82, 2.24) is 15.5 Å². The molecular formula is C14H25N3O4S. The second-order valence-electron chi connectivity index (χ2n) is 6.33. The summed E-state index contributed by atoms with van der Waals surface area (Å²) in [4.78, 5) is 25.9. The second kappa shape index (κ2) is 6.85. The van der Waals surface area contributed by atoms with E-state index in [1.807, 2.05) is 13.8 Å². The normalized spacial score (nSPS) is 27.1. The molecule has 0 spiro atoms. The molecule has 126 valence electrons. The third-order valence-corrected chi connectivity index (χ3v) is 6.47. The van der Waals surface area contributed by atoms with Crippen LogP contribution in [0.1, 0.15) is 39.5 Å². The molecule has 7 nitrogen and oxygen atoms in total. The van der Waals surface area contributed by atoms with Crippen molar-refractivity contribution >= 4 is 21.8 Å². The first-order valence-corrected chi connectivity index (χ1v) is 9.59. The van der Waals surface area contributed by atoms with Gasteiger partial charge in [-0.15, -0.1) is 0 Å². The molecule has 2 atom stereocenters. The third-order valence-electron chi connectivity index (χ3n) is 4.20. The van der Waals surface area contributed by atoms with Gasteiger partial charge in [-0.05, 0) is 39.5 Å². The highest BCUT2D eigenvalue weighted by Gasteiger charge is 2.36. The lowest BCUT2D eigenvalue weighted by atomic mass is 10.2. The Bertz CT molecular complexity index is 532.